The highest BCUT2D eigenvalue weighted by atomic mass is 35.5. The maximum absolute atomic E-state index is 12.1. The number of amides is 1. The van der Waals surface area contributed by atoms with Gasteiger partial charge in [0.05, 0.1) is 11.7 Å². The summed E-state index contributed by atoms with van der Waals surface area (Å²) < 4.78 is 1.50. The third kappa shape index (κ3) is 3.08. The topological polar surface area (TPSA) is 55.2 Å². The van der Waals surface area contributed by atoms with Crippen LogP contribution in [0, 0.1) is 5.92 Å². The number of rotatable bonds is 4. The zero-order valence-corrected chi connectivity index (χ0v) is 13.9. The van der Waals surface area contributed by atoms with Crippen LogP contribution in [0.2, 0.25) is 5.02 Å². The fraction of sp³-hybridized carbons (Fsp3) is 0.389. The molecule has 24 heavy (non-hydrogen) atoms. The number of benzene rings is 1. The van der Waals surface area contributed by atoms with Crippen molar-refractivity contribution >= 4 is 17.5 Å². The quantitative estimate of drug-likeness (QED) is 0.857. The van der Waals surface area contributed by atoms with Gasteiger partial charge in [0, 0.05) is 36.2 Å². The number of likely N-dealkylation sites (tertiary alicyclic amines) is 1. The highest BCUT2D eigenvalue weighted by molar-refractivity contribution is 6.30. The third-order valence-corrected chi connectivity index (χ3v) is 4.94. The summed E-state index contributed by atoms with van der Waals surface area (Å²) in [5, 5.41) is 5.15. The number of nitrogens with zero attached hydrogens (tertiary/aromatic N) is 3. The standard InChI is InChI=1S/C18H18ClN3O2/c19-14-5-3-13(4-6-14)16-7-8-17(23)22(20-16)15-10-21(11-15)18(24)9-12-1-2-12/h3-8,12,15H,1-2,9-11H2. The predicted molar refractivity (Wildman–Crippen MR) is 91.9 cm³/mol. The van der Waals surface area contributed by atoms with E-state index in [0.29, 0.717) is 30.5 Å². The highest BCUT2D eigenvalue weighted by Crippen LogP contribution is 2.34. The molecule has 2 aromatic rings. The first-order valence-corrected chi connectivity index (χ1v) is 8.61. The summed E-state index contributed by atoms with van der Waals surface area (Å²) in [5.74, 6) is 0.793. The molecule has 1 aromatic heterocycles. The lowest BCUT2D eigenvalue weighted by Gasteiger charge is -2.39. The first-order chi connectivity index (χ1) is 11.6. The van der Waals surface area contributed by atoms with Gasteiger partial charge in [0.2, 0.25) is 5.91 Å². The Labute approximate surface area is 144 Å². The lowest BCUT2D eigenvalue weighted by molar-refractivity contribution is -0.137. The van der Waals surface area contributed by atoms with E-state index in [4.69, 9.17) is 11.6 Å². The molecule has 1 aromatic carbocycles. The van der Waals surface area contributed by atoms with E-state index in [1.807, 2.05) is 17.0 Å². The highest BCUT2D eigenvalue weighted by Gasteiger charge is 2.35. The largest absolute Gasteiger partial charge is 0.338 e. The molecule has 5 nitrogen and oxygen atoms in total. The van der Waals surface area contributed by atoms with Crippen molar-refractivity contribution in [2.75, 3.05) is 13.1 Å². The molecule has 0 radical (unpaired) electrons. The third-order valence-electron chi connectivity index (χ3n) is 4.69. The summed E-state index contributed by atoms with van der Waals surface area (Å²) in [6.45, 7) is 1.14. The molecule has 2 fully saturated rings. The second-order valence-corrected chi connectivity index (χ2v) is 7.04. The van der Waals surface area contributed by atoms with Gasteiger partial charge in [-0.15, -0.1) is 0 Å². The number of halogens is 1. The summed E-state index contributed by atoms with van der Waals surface area (Å²) in [7, 11) is 0. The van der Waals surface area contributed by atoms with Crippen LogP contribution in [-0.2, 0) is 4.79 Å². The Balaban J connectivity index is 1.49. The summed E-state index contributed by atoms with van der Waals surface area (Å²) in [6, 6.07) is 10.6. The van der Waals surface area contributed by atoms with E-state index in [9.17, 15) is 9.59 Å². The van der Waals surface area contributed by atoms with Crippen molar-refractivity contribution in [2.24, 2.45) is 5.92 Å². The van der Waals surface area contributed by atoms with E-state index in [1.165, 1.54) is 23.6 Å². The molecule has 1 aliphatic heterocycles. The molecule has 124 valence electrons. The Kier molecular flexibility index (Phi) is 3.88. The first kappa shape index (κ1) is 15.4. The van der Waals surface area contributed by atoms with Gasteiger partial charge in [-0.25, -0.2) is 4.68 Å². The Morgan fingerprint density at radius 2 is 1.83 bits per heavy atom. The van der Waals surface area contributed by atoms with Crippen molar-refractivity contribution in [3.05, 3.63) is 51.8 Å². The molecule has 0 bridgehead atoms. The predicted octanol–water partition coefficient (Wildman–Crippen LogP) is 2.75. The zero-order chi connectivity index (χ0) is 16.7. The molecular formula is C18H18ClN3O2. The Morgan fingerprint density at radius 1 is 1.12 bits per heavy atom. The van der Waals surface area contributed by atoms with E-state index >= 15 is 0 Å². The van der Waals surface area contributed by atoms with Gasteiger partial charge in [-0.1, -0.05) is 23.7 Å². The maximum atomic E-state index is 12.1. The summed E-state index contributed by atoms with van der Waals surface area (Å²) >= 11 is 5.91. The van der Waals surface area contributed by atoms with Crippen LogP contribution in [0.15, 0.2) is 41.2 Å². The van der Waals surface area contributed by atoms with Crippen molar-refractivity contribution in [1.82, 2.24) is 14.7 Å². The fourth-order valence-electron chi connectivity index (χ4n) is 2.97. The molecule has 0 spiro atoms. The number of hydrogen-bond donors (Lipinski definition) is 0. The van der Waals surface area contributed by atoms with Crippen LogP contribution in [0.5, 0.6) is 0 Å². The van der Waals surface area contributed by atoms with E-state index in [-0.39, 0.29) is 17.5 Å². The molecule has 0 unspecified atom stereocenters. The van der Waals surface area contributed by atoms with Gasteiger partial charge in [0.1, 0.15) is 0 Å². The Hall–Kier alpha value is -2.14. The van der Waals surface area contributed by atoms with Crippen molar-refractivity contribution in [2.45, 2.75) is 25.3 Å². The van der Waals surface area contributed by atoms with Crippen LogP contribution in [0.1, 0.15) is 25.3 Å². The van der Waals surface area contributed by atoms with Crippen molar-refractivity contribution in [3.63, 3.8) is 0 Å². The molecule has 0 N–H and O–H groups in total. The number of carbonyl (C=O) groups excluding carboxylic acids is 1. The number of aromatic nitrogens is 2. The van der Waals surface area contributed by atoms with Gasteiger partial charge in [0.25, 0.3) is 5.56 Å². The minimum Gasteiger partial charge on any atom is -0.338 e. The van der Waals surface area contributed by atoms with Crippen LogP contribution in [-0.4, -0.2) is 33.7 Å². The molecule has 2 heterocycles. The second-order valence-electron chi connectivity index (χ2n) is 6.61. The summed E-state index contributed by atoms with van der Waals surface area (Å²) in [5.41, 5.74) is 1.51. The first-order valence-electron chi connectivity index (χ1n) is 8.24. The maximum Gasteiger partial charge on any atom is 0.267 e. The van der Waals surface area contributed by atoms with E-state index < -0.39 is 0 Å². The van der Waals surface area contributed by atoms with Crippen LogP contribution < -0.4 is 5.56 Å². The average molecular weight is 344 g/mol. The van der Waals surface area contributed by atoms with E-state index in [1.54, 1.807) is 18.2 Å². The van der Waals surface area contributed by atoms with Gasteiger partial charge in [-0.3, -0.25) is 9.59 Å². The Morgan fingerprint density at radius 3 is 2.50 bits per heavy atom. The van der Waals surface area contributed by atoms with Crippen LogP contribution in [0.4, 0.5) is 0 Å². The van der Waals surface area contributed by atoms with Gasteiger partial charge >= 0.3 is 0 Å². The van der Waals surface area contributed by atoms with E-state index in [0.717, 1.165) is 11.3 Å². The Bertz CT molecular complexity index is 821. The lowest BCUT2D eigenvalue weighted by atomic mass is 10.1. The van der Waals surface area contributed by atoms with Crippen LogP contribution >= 0.6 is 11.6 Å². The number of carbonyl (C=O) groups is 1. The average Bonchev–Trinajstić information content (AvgIpc) is 3.32. The molecule has 4 rings (SSSR count). The molecule has 1 saturated carbocycles. The summed E-state index contributed by atoms with van der Waals surface area (Å²) in [4.78, 5) is 26.0. The van der Waals surface area contributed by atoms with E-state index in [2.05, 4.69) is 5.10 Å². The molecule has 1 aliphatic carbocycles. The van der Waals surface area contributed by atoms with Gasteiger partial charge < -0.3 is 4.90 Å². The molecular weight excluding hydrogens is 326 g/mol. The molecule has 6 heteroatoms. The van der Waals surface area contributed by atoms with Gasteiger partial charge in [-0.05, 0) is 37.0 Å². The smallest absolute Gasteiger partial charge is 0.267 e. The van der Waals surface area contributed by atoms with Crippen LogP contribution in [0.25, 0.3) is 11.3 Å². The zero-order valence-electron chi connectivity index (χ0n) is 13.2. The van der Waals surface area contributed by atoms with Crippen molar-refractivity contribution in [3.8, 4) is 11.3 Å². The molecule has 2 aliphatic rings. The molecule has 0 atom stereocenters. The van der Waals surface area contributed by atoms with Crippen LogP contribution in [0.3, 0.4) is 0 Å². The molecule has 1 amide bonds. The monoisotopic (exact) mass is 343 g/mol. The normalized spacial score (nSPS) is 17.6. The number of hydrogen-bond acceptors (Lipinski definition) is 3. The van der Waals surface area contributed by atoms with Gasteiger partial charge in [0.15, 0.2) is 0 Å². The van der Waals surface area contributed by atoms with Crippen molar-refractivity contribution in [1.29, 1.82) is 0 Å². The summed E-state index contributed by atoms with van der Waals surface area (Å²) in [6.07, 6.45) is 3.00. The minimum absolute atomic E-state index is 0.0343. The van der Waals surface area contributed by atoms with Gasteiger partial charge in [-0.2, -0.15) is 5.10 Å². The minimum atomic E-state index is -0.132. The van der Waals surface area contributed by atoms with Crippen molar-refractivity contribution < 1.29 is 4.79 Å². The second kappa shape index (κ2) is 6.06. The molecule has 1 saturated heterocycles. The SMILES string of the molecule is O=C(CC1CC1)N1CC(n2nc(-c3ccc(Cl)cc3)ccc2=O)C1. The lowest BCUT2D eigenvalue weighted by Crippen LogP contribution is -2.53. The fourth-order valence-corrected chi connectivity index (χ4v) is 3.10.